The molecule has 0 saturated heterocycles. The van der Waals surface area contributed by atoms with Crippen LogP contribution >= 0.6 is 0 Å². The van der Waals surface area contributed by atoms with Gasteiger partial charge in [-0.15, -0.1) is 0 Å². The molecule has 0 rings (SSSR count). The summed E-state index contributed by atoms with van der Waals surface area (Å²) in [4.78, 5) is 0. The van der Waals surface area contributed by atoms with E-state index in [9.17, 15) is 0 Å². The molecule has 0 aromatic heterocycles. The van der Waals surface area contributed by atoms with Gasteiger partial charge in [-0.1, -0.05) is 0 Å². The summed E-state index contributed by atoms with van der Waals surface area (Å²) in [5.74, 6) is 0. The van der Waals surface area contributed by atoms with Gasteiger partial charge in [0, 0.05) is 0 Å². The second-order valence-electron chi connectivity index (χ2n) is 0. The largest absolute Gasteiger partial charge is 2.00 e. The molecule has 0 bridgehead atoms. The zero-order chi connectivity index (χ0) is 0. The van der Waals surface area contributed by atoms with Crippen molar-refractivity contribution in [2.45, 2.75) is 0 Å². The van der Waals surface area contributed by atoms with Crippen molar-refractivity contribution in [3.63, 3.8) is 0 Å². The molecule has 0 aliphatic heterocycles. The van der Waals surface area contributed by atoms with Gasteiger partial charge in [-0.05, 0) is 0 Å². The van der Waals surface area contributed by atoms with E-state index in [0.717, 1.165) is 0 Å². The van der Waals surface area contributed by atoms with Crippen molar-refractivity contribution in [3.05, 3.63) is 0 Å². The molecule has 0 nitrogen and oxygen atoms in total. The zero-order valence-corrected chi connectivity index (χ0v) is 13.1. The van der Waals surface area contributed by atoms with Crippen LogP contribution in [0.25, 0.3) is 0 Å². The van der Waals surface area contributed by atoms with Crippen LogP contribution in [0.1, 0.15) is 2.85 Å². The predicted molar refractivity (Wildman–Crippen MR) is 2.22 cm³/mol. The van der Waals surface area contributed by atoms with Crippen molar-refractivity contribution >= 4 is 0 Å². The number of hydrogen-bond acceptors (Lipinski definition) is 0. The maximum Gasteiger partial charge on any atom is 2.00 e. The summed E-state index contributed by atoms with van der Waals surface area (Å²) in [5, 5.41) is 0. The van der Waals surface area contributed by atoms with Gasteiger partial charge < -0.3 is 27.7 Å². The van der Waals surface area contributed by atoms with E-state index in [1.165, 1.54) is 0 Å². The van der Waals surface area contributed by atoms with Gasteiger partial charge in [0.25, 0.3) is 0 Å². The Morgan fingerprint density at radius 2 is 1.00 bits per heavy atom. The van der Waals surface area contributed by atoms with Crippen LogP contribution in [0.2, 0.25) is 0 Å². The monoisotopic (exact) mass is 198 g/mol. The summed E-state index contributed by atoms with van der Waals surface area (Å²) in [6, 6.07) is 0. The summed E-state index contributed by atoms with van der Waals surface area (Å²) in [5.41, 5.74) is 0. The van der Waals surface area contributed by atoms with E-state index in [2.05, 4.69) is 0 Å². The van der Waals surface area contributed by atoms with Gasteiger partial charge >= 0.3 is 100 Å². The van der Waals surface area contributed by atoms with Crippen LogP contribution in [-0.2, 0) is 19.5 Å². The third-order valence-corrected chi connectivity index (χ3v) is 0. The maximum absolute atomic E-state index is 0. The molecule has 0 fully saturated rings. The van der Waals surface area contributed by atoms with Gasteiger partial charge in [0.05, 0.1) is 0 Å². The molecule has 5 heteroatoms. The van der Waals surface area contributed by atoms with Crippen molar-refractivity contribution in [2.75, 3.05) is 0 Å². The van der Waals surface area contributed by atoms with Gasteiger partial charge in [-0.3, -0.25) is 0 Å². The summed E-state index contributed by atoms with van der Waals surface area (Å²) in [7, 11) is 0. The van der Waals surface area contributed by atoms with Gasteiger partial charge in [0.15, 0.2) is 0 Å². The molecular formula is H2Cl2KNaZn. The first-order valence-electron chi connectivity index (χ1n) is 0. The van der Waals surface area contributed by atoms with Gasteiger partial charge in [0.1, 0.15) is 0 Å². The first kappa shape index (κ1) is 36.9. The van der Waals surface area contributed by atoms with Crippen LogP contribution in [-0.4, -0.2) is 0 Å². The van der Waals surface area contributed by atoms with Crippen molar-refractivity contribution in [3.8, 4) is 0 Å². The molecule has 0 spiro atoms. The second-order valence-corrected chi connectivity index (χ2v) is 0. The number of halogens is 2. The molecule has 0 N–H and O–H groups in total. The average Bonchev–Trinajstić information content (AvgIpc) is 0. The molecule has 0 heterocycles. The molecule has 0 radical (unpaired) electrons. The molecule has 20 valence electrons. The Kier molecular flexibility index (Phi) is 183. The fourth-order valence-electron chi connectivity index (χ4n) is 0. The van der Waals surface area contributed by atoms with Crippen LogP contribution in [0.5, 0.6) is 0 Å². The van der Waals surface area contributed by atoms with Crippen LogP contribution in [0, 0.1) is 0 Å². The predicted octanol–water partition coefficient (Wildman–Crippen LogP) is -11.8. The van der Waals surface area contributed by atoms with E-state index < -0.39 is 0 Å². The molecular weight excluding hydrogens is 198 g/mol. The second kappa shape index (κ2) is 24.9. The van der Waals surface area contributed by atoms with Crippen molar-refractivity contribution in [1.82, 2.24) is 0 Å². The summed E-state index contributed by atoms with van der Waals surface area (Å²) in [6.45, 7) is 0. The van der Waals surface area contributed by atoms with E-state index in [1.807, 2.05) is 0 Å². The molecule has 0 saturated carbocycles. The molecule has 0 amide bonds. The molecule has 0 aromatic rings. The van der Waals surface area contributed by atoms with Crippen molar-refractivity contribution in [1.29, 1.82) is 0 Å². The third-order valence-electron chi connectivity index (χ3n) is 0. The summed E-state index contributed by atoms with van der Waals surface area (Å²) < 4.78 is 0. The topological polar surface area (TPSA) is 0 Å². The minimum atomic E-state index is 0. The van der Waals surface area contributed by atoms with Crippen LogP contribution < -0.4 is 106 Å². The minimum absolute atomic E-state index is 0. The Labute approximate surface area is 125 Å². The average molecular weight is 200 g/mol. The Bertz CT molecular complexity index is 15.7. The quantitative estimate of drug-likeness (QED) is 0.341. The molecule has 0 unspecified atom stereocenters. The molecule has 0 aliphatic carbocycles. The van der Waals surface area contributed by atoms with Gasteiger partial charge in [-0.25, -0.2) is 0 Å². The Morgan fingerprint density at radius 1 is 1.00 bits per heavy atom. The van der Waals surface area contributed by atoms with Crippen LogP contribution in [0.15, 0.2) is 0 Å². The van der Waals surface area contributed by atoms with Gasteiger partial charge in [0.2, 0.25) is 0 Å². The van der Waals surface area contributed by atoms with E-state index in [4.69, 9.17) is 0 Å². The smallest absolute Gasteiger partial charge is 1.00 e. The summed E-state index contributed by atoms with van der Waals surface area (Å²) >= 11 is 0. The number of hydrogen-bond donors (Lipinski definition) is 0. The molecule has 0 atom stereocenters. The van der Waals surface area contributed by atoms with E-state index in [-0.39, 0.29) is 128 Å². The first-order valence-corrected chi connectivity index (χ1v) is 0. The van der Waals surface area contributed by atoms with Crippen LogP contribution in [0.3, 0.4) is 0 Å². The van der Waals surface area contributed by atoms with Crippen molar-refractivity contribution in [2.24, 2.45) is 0 Å². The third kappa shape index (κ3) is 18.1. The van der Waals surface area contributed by atoms with E-state index >= 15 is 0 Å². The maximum atomic E-state index is 0. The summed E-state index contributed by atoms with van der Waals surface area (Å²) in [6.07, 6.45) is 0. The Hall–Kier alpha value is 3.84. The molecule has 5 heavy (non-hydrogen) atoms. The minimum Gasteiger partial charge on any atom is -1.00 e. The van der Waals surface area contributed by atoms with Crippen molar-refractivity contribution < 1.29 is 128 Å². The van der Waals surface area contributed by atoms with Gasteiger partial charge in [-0.2, -0.15) is 0 Å². The molecule has 0 aromatic carbocycles. The fourth-order valence-corrected chi connectivity index (χ4v) is 0. The first-order chi connectivity index (χ1) is 0. The number of rotatable bonds is 0. The normalized spacial score (nSPS) is 0. The molecule has 0 aliphatic rings. The Balaban J connectivity index is 0. The Morgan fingerprint density at radius 3 is 1.00 bits per heavy atom. The SMILES string of the molecule is [Cl-].[Cl-].[H-].[H-].[K+].[Na+].[Zn+2]. The van der Waals surface area contributed by atoms with E-state index in [1.54, 1.807) is 0 Å². The van der Waals surface area contributed by atoms with E-state index in [0.29, 0.717) is 0 Å². The van der Waals surface area contributed by atoms with Crippen LogP contribution in [0.4, 0.5) is 0 Å². The fraction of sp³-hybridized carbons (Fsp3) is 0. The standard InChI is InChI=1S/2ClH.K.Na.Zn.2H/h2*1H;;;;;/q;;2*+1;+2;2*-1/p-2. The zero-order valence-electron chi connectivity index (χ0n) is 5.46.